The van der Waals surface area contributed by atoms with Gasteiger partial charge in [0.2, 0.25) is 0 Å². The topological polar surface area (TPSA) is 20.3 Å². The summed E-state index contributed by atoms with van der Waals surface area (Å²) in [6.45, 7) is 12.9. The van der Waals surface area contributed by atoms with Crippen LogP contribution in [0.4, 0.5) is 0 Å². The van der Waals surface area contributed by atoms with E-state index in [2.05, 4.69) is 32.6 Å². The van der Waals surface area contributed by atoms with Gasteiger partial charge >= 0.3 is 0 Å². The highest BCUT2D eigenvalue weighted by atomic mass is 16.2. The van der Waals surface area contributed by atoms with Gasteiger partial charge in [-0.05, 0) is 32.6 Å². The Kier molecular flexibility index (Phi) is 26.5. The van der Waals surface area contributed by atoms with Gasteiger partial charge in [0, 0.05) is 21.0 Å². The minimum Gasteiger partial charge on any atom is -0.329 e. The summed E-state index contributed by atoms with van der Waals surface area (Å²) in [5.41, 5.74) is 0. The highest BCUT2D eigenvalue weighted by molar-refractivity contribution is 5.93. The van der Waals surface area contributed by atoms with Gasteiger partial charge in [0.25, 0.3) is 5.91 Å². The predicted molar refractivity (Wildman–Crippen MR) is 83.7 cm³/mol. The SMILES string of the molecule is C.CC.CC#CC(=O)N1CCCC1C.CCC.[B]. The molecule has 1 fully saturated rings. The zero-order chi connectivity index (χ0) is 13.0. The summed E-state index contributed by atoms with van der Waals surface area (Å²) in [4.78, 5) is 13.1. The number of nitrogens with zero attached hydrogens (tertiary/aromatic N) is 1. The van der Waals surface area contributed by atoms with Crippen LogP contribution in [0.25, 0.3) is 0 Å². The summed E-state index contributed by atoms with van der Waals surface area (Å²) < 4.78 is 0. The van der Waals surface area contributed by atoms with Crippen molar-refractivity contribution in [2.75, 3.05) is 6.54 Å². The Morgan fingerprint density at radius 3 is 2.06 bits per heavy atom. The molecule has 0 aromatic rings. The maximum atomic E-state index is 11.2. The van der Waals surface area contributed by atoms with Crippen LogP contribution in [0.1, 0.15) is 68.2 Å². The molecule has 0 aliphatic carbocycles. The molecule has 1 atom stereocenters. The summed E-state index contributed by atoms with van der Waals surface area (Å²) >= 11 is 0. The minimum absolute atomic E-state index is 0. The molecule has 1 rings (SSSR count). The molecule has 1 unspecified atom stereocenters. The molecule has 0 N–H and O–H groups in total. The standard InChI is InChI=1S/C9H13NO.C3H8.C2H6.CH4.B/c1-3-5-9(11)10-7-4-6-8(10)2;1-3-2;1-2;;/h8H,4,6-7H2,1-2H3;3H2,1-2H3;1-2H3;1H4;. The van der Waals surface area contributed by atoms with E-state index in [1.54, 1.807) is 6.92 Å². The van der Waals surface area contributed by atoms with Crippen molar-refractivity contribution in [3.05, 3.63) is 0 Å². The van der Waals surface area contributed by atoms with Gasteiger partial charge in [0.1, 0.15) is 0 Å². The van der Waals surface area contributed by atoms with E-state index < -0.39 is 0 Å². The number of amides is 1. The van der Waals surface area contributed by atoms with Crippen molar-refractivity contribution in [1.82, 2.24) is 4.90 Å². The third-order valence-electron chi connectivity index (χ3n) is 2.05. The highest BCUT2D eigenvalue weighted by Crippen LogP contribution is 2.15. The van der Waals surface area contributed by atoms with Crippen LogP contribution in [0.2, 0.25) is 0 Å². The molecule has 0 aromatic heterocycles. The van der Waals surface area contributed by atoms with Crippen LogP contribution in [0, 0.1) is 11.8 Å². The van der Waals surface area contributed by atoms with Crippen molar-refractivity contribution < 1.29 is 4.79 Å². The Morgan fingerprint density at radius 1 is 1.33 bits per heavy atom. The number of likely N-dealkylation sites (tertiary alicyclic amines) is 1. The van der Waals surface area contributed by atoms with Crippen LogP contribution in [0.5, 0.6) is 0 Å². The summed E-state index contributed by atoms with van der Waals surface area (Å²) in [6, 6.07) is 0.392. The third-order valence-corrected chi connectivity index (χ3v) is 2.05. The fourth-order valence-corrected chi connectivity index (χ4v) is 1.41. The maximum absolute atomic E-state index is 11.2. The molecule has 3 radical (unpaired) electrons. The van der Waals surface area contributed by atoms with Gasteiger partial charge in [-0.25, -0.2) is 0 Å². The fourth-order valence-electron chi connectivity index (χ4n) is 1.41. The Labute approximate surface area is 117 Å². The Bertz CT molecular complexity index is 230. The van der Waals surface area contributed by atoms with E-state index in [0.29, 0.717) is 6.04 Å². The van der Waals surface area contributed by atoms with Gasteiger partial charge in [-0.1, -0.05) is 47.5 Å². The van der Waals surface area contributed by atoms with E-state index in [0.717, 1.165) is 19.4 Å². The average molecular weight is 252 g/mol. The molecular weight excluding hydrogens is 221 g/mol. The lowest BCUT2D eigenvalue weighted by molar-refractivity contribution is -0.125. The van der Waals surface area contributed by atoms with Crippen molar-refractivity contribution in [3.63, 3.8) is 0 Å². The monoisotopic (exact) mass is 252 g/mol. The van der Waals surface area contributed by atoms with Crippen LogP contribution in [-0.2, 0) is 4.79 Å². The molecule has 0 spiro atoms. The first-order valence-corrected chi connectivity index (χ1v) is 6.40. The zero-order valence-corrected chi connectivity index (χ0v) is 12.3. The molecule has 1 aliphatic heterocycles. The largest absolute Gasteiger partial charge is 0.329 e. The number of hydrogen-bond donors (Lipinski definition) is 0. The highest BCUT2D eigenvalue weighted by Gasteiger charge is 2.23. The quantitative estimate of drug-likeness (QED) is 0.475. The number of carbonyl (C=O) groups is 1. The molecule has 2 nitrogen and oxygen atoms in total. The molecule has 0 aromatic carbocycles. The third kappa shape index (κ3) is 11.6. The van der Waals surface area contributed by atoms with E-state index >= 15 is 0 Å². The van der Waals surface area contributed by atoms with Gasteiger partial charge < -0.3 is 4.90 Å². The van der Waals surface area contributed by atoms with Gasteiger partial charge in [0.15, 0.2) is 0 Å². The Balaban J connectivity index is -0.000000124. The van der Waals surface area contributed by atoms with Crippen molar-refractivity contribution >= 4 is 14.3 Å². The minimum atomic E-state index is -0.0162. The van der Waals surface area contributed by atoms with Crippen molar-refractivity contribution in [2.45, 2.75) is 74.3 Å². The number of carbonyl (C=O) groups excluding carboxylic acids is 1. The summed E-state index contributed by atoms with van der Waals surface area (Å²) in [5.74, 6) is 5.16. The molecule has 1 amide bonds. The maximum Gasteiger partial charge on any atom is 0.298 e. The van der Waals surface area contributed by atoms with Gasteiger partial charge in [-0.3, -0.25) is 4.79 Å². The molecule has 18 heavy (non-hydrogen) atoms. The molecule has 1 aliphatic rings. The smallest absolute Gasteiger partial charge is 0.298 e. The van der Waals surface area contributed by atoms with E-state index in [9.17, 15) is 4.79 Å². The zero-order valence-electron chi connectivity index (χ0n) is 12.3. The molecule has 3 heteroatoms. The number of rotatable bonds is 0. The Morgan fingerprint density at radius 2 is 1.78 bits per heavy atom. The van der Waals surface area contributed by atoms with E-state index in [4.69, 9.17) is 0 Å². The second-order valence-corrected chi connectivity index (χ2v) is 3.57. The van der Waals surface area contributed by atoms with Crippen molar-refractivity contribution in [1.29, 1.82) is 0 Å². The first-order chi connectivity index (χ1) is 7.67. The predicted octanol–water partition coefficient (Wildman–Crippen LogP) is 3.72. The lowest BCUT2D eigenvalue weighted by Crippen LogP contribution is -2.32. The van der Waals surface area contributed by atoms with Crippen LogP contribution in [0.15, 0.2) is 0 Å². The molecular formula is C15H31BNO. The lowest BCUT2D eigenvalue weighted by atomic mass is 10.2. The van der Waals surface area contributed by atoms with Crippen LogP contribution in [-0.4, -0.2) is 31.8 Å². The van der Waals surface area contributed by atoms with Crippen LogP contribution >= 0.6 is 0 Å². The lowest BCUT2D eigenvalue weighted by Gasteiger charge is -2.17. The van der Waals surface area contributed by atoms with Crippen molar-refractivity contribution in [3.8, 4) is 11.8 Å². The first kappa shape index (κ1) is 25.8. The van der Waals surface area contributed by atoms with E-state index in [-0.39, 0.29) is 21.7 Å². The van der Waals surface area contributed by atoms with Crippen LogP contribution in [0.3, 0.4) is 0 Å². The summed E-state index contributed by atoms with van der Waals surface area (Å²) in [6.07, 6.45) is 3.50. The molecule has 1 saturated heterocycles. The molecule has 1 heterocycles. The Hall–Kier alpha value is -0.905. The molecule has 0 saturated carbocycles. The van der Waals surface area contributed by atoms with Gasteiger partial charge in [-0.15, -0.1) is 0 Å². The number of hydrogen-bond acceptors (Lipinski definition) is 1. The fraction of sp³-hybridized carbons (Fsp3) is 0.800. The van der Waals surface area contributed by atoms with Gasteiger partial charge in [-0.2, -0.15) is 0 Å². The van der Waals surface area contributed by atoms with E-state index in [1.165, 1.54) is 6.42 Å². The summed E-state index contributed by atoms with van der Waals surface area (Å²) in [7, 11) is 0. The van der Waals surface area contributed by atoms with Gasteiger partial charge in [0.05, 0.1) is 0 Å². The second-order valence-electron chi connectivity index (χ2n) is 3.57. The molecule has 0 bridgehead atoms. The van der Waals surface area contributed by atoms with Crippen molar-refractivity contribution in [2.24, 2.45) is 0 Å². The first-order valence-electron chi connectivity index (χ1n) is 6.40. The normalized spacial score (nSPS) is 15.2. The second kappa shape index (κ2) is 18.5. The average Bonchev–Trinajstić information content (AvgIpc) is 2.69. The van der Waals surface area contributed by atoms with Crippen LogP contribution < -0.4 is 0 Å². The summed E-state index contributed by atoms with van der Waals surface area (Å²) in [5, 5.41) is 0. The molecule has 105 valence electrons. The van der Waals surface area contributed by atoms with E-state index in [1.807, 2.05) is 18.7 Å².